The van der Waals surface area contributed by atoms with Gasteiger partial charge in [0.05, 0.1) is 0 Å². The van der Waals surface area contributed by atoms with Crippen LogP contribution in [0.5, 0.6) is 0 Å². The molecule has 1 saturated carbocycles. The molecule has 15 heavy (non-hydrogen) atoms. The van der Waals surface area contributed by atoms with Gasteiger partial charge in [0.15, 0.2) is 11.6 Å². The predicted molar refractivity (Wildman–Crippen MR) is 60.6 cm³/mol. The van der Waals surface area contributed by atoms with Gasteiger partial charge in [0.2, 0.25) is 0 Å². The summed E-state index contributed by atoms with van der Waals surface area (Å²) in [7, 11) is 0. The lowest BCUT2D eigenvalue weighted by molar-refractivity contribution is -0.117. The second-order valence-corrected chi connectivity index (χ2v) is 4.18. The number of hydrogen-bond acceptors (Lipinski definition) is 2. The second kappa shape index (κ2) is 5.84. The van der Waals surface area contributed by atoms with Crippen LogP contribution in [-0.4, -0.2) is 11.6 Å². The van der Waals surface area contributed by atoms with E-state index in [-0.39, 0.29) is 11.6 Å². The Morgan fingerprint density at radius 2 is 1.73 bits per heavy atom. The van der Waals surface area contributed by atoms with E-state index in [0.29, 0.717) is 18.8 Å². The first-order valence-electron chi connectivity index (χ1n) is 5.96. The van der Waals surface area contributed by atoms with Gasteiger partial charge in [-0.05, 0) is 24.8 Å². The Kier molecular flexibility index (Phi) is 4.73. The van der Waals surface area contributed by atoms with Crippen molar-refractivity contribution in [1.82, 2.24) is 0 Å². The number of Topliss-reactive ketones (excluding diaryl/α,β-unsaturated/α-hetero) is 1. The zero-order chi connectivity index (χ0) is 11.3. The fourth-order valence-corrected chi connectivity index (χ4v) is 2.14. The average molecular weight is 208 g/mol. The van der Waals surface area contributed by atoms with E-state index in [0.717, 1.165) is 18.4 Å². The van der Waals surface area contributed by atoms with Crippen molar-refractivity contribution in [3.63, 3.8) is 0 Å². The number of carbonyl (C=O) groups is 2. The lowest BCUT2D eigenvalue weighted by Crippen LogP contribution is -2.11. The van der Waals surface area contributed by atoms with Gasteiger partial charge < -0.3 is 0 Å². The predicted octanol–water partition coefficient (Wildman–Crippen LogP) is 3.06. The summed E-state index contributed by atoms with van der Waals surface area (Å²) in [5.41, 5.74) is 0.793. The molecule has 0 amide bonds. The Bertz CT molecular complexity index is 270. The number of allylic oxidation sites excluding steroid dienone is 2. The summed E-state index contributed by atoms with van der Waals surface area (Å²) < 4.78 is 0. The molecular formula is C13H20O2. The summed E-state index contributed by atoms with van der Waals surface area (Å²) in [6.45, 7) is 3.70. The van der Waals surface area contributed by atoms with E-state index in [9.17, 15) is 9.59 Å². The van der Waals surface area contributed by atoms with E-state index in [1.807, 2.05) is 13.8 Å². The van der Waals surface area contributed by atoms with Gasteiger partial charge in [-0.2, -0.15) is 0 Å². The average Bonchev–Trinajstić information content (AvgIpc) is 2.77. The summed E-state index contributed by atoms with van der Waals surface area (Å²) in [6, 6.07) is 0. The molecule has 1 aliphatic rings. The van der Waals surface area contributed by atoms with Crippen molar-refractivity contribution < 1.29 is 9.59 Å². The molecule has 1 aliphatic carbocycles. The molecular weight excluding hydrogens is 188 g/mol. The lowest BCUT2D eigenvalue weighted by Gasteiger charge is -2.12. The van der Waals surface area contributed by atoms with Crippen molar-refractivity contribution in [1.29, 1.82) is 0 Å². The number of hydrogen-bond donors (Lipinski definition) is 0. The van der Waals surface area contributed by atoms with Crippen LogP contribution in [0, 0.1) is 5.92 Å². The molecule has 0 aromatic carbocycles. The third-order valence-electron chi connectivity index (χ3n) is 3.10. The van der Waals surface area contributed by atoms with E-state index in [2.05, 4.69) is 0 Å². The van der Waals surface area contributed by atoms with Gasteiger partial charge in [0.25, 0.3) is 0 Å². The molecule has 0 bridgehead atoms. The van der Waals surface area contributed by atoms with E-state index >= 15 is 0 Å². The number of ketones is 2. The van der Waals surface area contributed by atoms with Crippen LogP contribution in [0.2, 0.25) is 0 Å². The van der Waals surface area contributed by atoms with E-state index < -0.39 is 0 Å². The zero-order valence-corrected chi connectivity index (χ0v) is 9.71. The number of rotatable bonds is 5. The monoisotopic (exact) mass is 208 g/mol. The Labute approximate surface area is 91.7 Å². The Balaban J connectivity index is 2.81. The van der Waals surface area contributed by atoms with Crippen molar-refractivity contribution in [2.24, 2.45) is 5.92 Å². The van der Waals surface area contributed by atoms with E-state index in [1.165, 1.54) is 12.8 Å². The van der Waals surface area contributed by atoms with E-state index in [1.54, 1.807) is 6.08 Å². The summed E-state index contributed by atoms with van der Waals surface area (Å²) in [4.78, 5) is 23.1. The minimum Gasteiger partial charge on any atom is -0.295 e. The van der Waals surface area contributed by atoms with Crippen LogP contribution in [0.1, 0.15) is 52.4 Å². The highest BCUT2D eigenvalue weighted by atomic mass is 16.1. The maximum atomic E-state index is 11.7. The van der Waals surface area contributed by atoms with Crippen molar-refractivity contribution >= 4 is 11.6 Å². The van der Waals surface area contributed by atoms with Gasteiger partial charge in [-0.1, -0.05) is 26.7 Å². The first kappa shape index (κ1) is 12.2. The number of carbonyl (C=O) groups excluding carboxylic acids is 2. The quantitative estimate of drug-likeness (QED) is 0.651. The molecule has 0 aromatic rings. The first-order chi connectivity index (χ1) is 7.19. The van der Waals surface area contributed by atoms with Crippen molar-refractivity contribution in [3.8, 4) is 0 Å². The normalized spacial score (nSPS) is 18.1. The SMILES string of the molecule is CCC(=O)C=C(C(=O)CC)C1CCCC1. The van der Waals surface area contributed by atoms with Crippen LogP contribution in [0.25, 0.3) is 0 Å². The Morgan fingerprint density at radius 3 is 2.20 bits per heavy atom. The standard InChI is InChI=1S/C13H20O2/c1-3-11(14)9-12(13(15)4-2)10-7-5-6-8-10/h9-10H,3-8H2,1-2H3. The van der Waals surface area contributed by atoms with Gasteiger partial charge >= 0.3 is 0 Å². The van der Waals surface area contributed by atoms with Crippen LogP contribution >= 0.6 is 0 Å². The topological polar surface area (TPSA) is 34.1 Å². The molecule has 0 N–H and O–H groups in total. The minimum atomic E-state index is 0.0821. The molecule has 1 fully saturated rings. The van der Waals surface area contributed by atoms with Crippen LogP contribution in [-0.2, 0) is 9.59 Å². The van der Waals surface area contributed by atoms with Gasteiger partial charge in [0, 0.05) is 18.4 Å². The summed E-state index contributed by atoms with van der Waals surface area (Å²) in [5, 5.41) is 0. The van der Waals surface area contributed by atoms with Crippen molar-refractivity contribution in [3.05, 3.63) is 11.6 Å². The first-order valence-corrected chi connectivity index (χ1v) is 5.96. The molecule has 0 unspecified atom stereocenters. The van der Waals surface area contributed by atoms with Gasteiger partial charge in [-0.15, -0.1) is 0 Å². The fraction of sp³-hybridized carbons (Fsp3) is 0.692. The second-order valence-electron chi connectivity index (χ2n) is 4.18. The van der Waals surface area contributed by atoms with Crippen molar-refractivity contribution in [2.75, 3.05) is 0 Å². The van der Waals surface area contributed by atoms with Crippen LogP contribution < -0.4 is 0 Å². The molecule has 0 radical (unpaired) electrons. The molecule has 1 rings (SSSR count). The summed E-state index contributed by atoms with van der Waals surface area (Å²) >= 11 is 0. The van der Waals surface area contributed by atoms with Gasteiger partial charge in [-0.3, -0.25) is 9.59 Å². The molecule has 0 heterocycles. The molecule has 0 aromatic heterocycles. The van der Waals surface area contributed by atoms with Crippen LogP contribution in [0.15, 0.2) is 11.6 Å². The molecule has 2 nitrogen and oxygen atoms in total. The molecule has 0 spiro atoms. The summed E-state index contributed by atoms with van der Waals surface area (Å²) in [6.07, 6.45) is 7.15. The fourth-order valence-electron chi connectivity index (χ4n) is 2.14. The molecule has 0 aliphatic heterocycles. The smallest absolute Gasteiger partial charge is 0.158 e. The molecule has 84 valence electrons. The maximum Gasteiger partial charge on any atom is 0.158 e. The maximum absolute atomic E-state index is 11.7. The Hall–Kier alpha value is -0.920. The molecule has 0 atom stereocenters. The molecule has 2 heteroatoms. The highest BCUT2D eigenvalue weighted by molar-refractivity contribution is 6.02. The highest BCUT2D eigenvalue weighted by Crippen LogP contribution is 2.32. The van der Waals surface area contributed by atoms with Crippen LogP contribution in [0.3, 0.4) is 0 Å². The lowest BCUT2D eigenvalue weighted by atomic mass is 9.91. The zero-order valence-electron chi connectivity index (χ0n) is 9.71. The minimum absolute atomic E-state index is 0.0821. The third kappa shape index (κ3) is 3.29. The van der Waals surface area contributed by atoms with Crippen molar-refractivity contribution in [2.45, 2.75) is 52.4 Å². The molecule has 0 saturated heterocycles. The highest BCUT2D eigenvalue weighted by Gasteiger charge is 2.23. The third-order valence-corrected chi connectivity index (χ3v) is 3.10. The van der Waals surface area contributed by atoms with Crippen LogP contribution in [0.4, 0.5) is 0 Å². The largest absolute Gasteiger partial charge is 0.295 e. The van der Waals surface area contributed by atoms with Gasteiger partial charge in [-0.25, -0.2) is 0 Å². The van der Waals surface area contributed by atoms with Gasteiger partial charge in [0.1, 0.15) is 0 Å². The van der Waals surface area contributed by atoms with E-state index in [4.69, 9.17) is 0 Å². The summed E-state index contributed by atoms with van der Waals surface area (Å²) in [5.74, 6) is 0.593. The Morgan fingerprint density at radius 1 is 1.13 bits per heavy atom.